The molecule has 0 spiro atoms. The molecular formula is C26H26N2O2. The first-order chi connectivity index (χ1) is 14.7. The Kier molecular flexibility index (Phi) is 5.11. The summed E-state index contributed by atoms with van der Waals surface area (Å²) in [5.74, 6) is -0.0795. The van der Waals surface area contributed by atoms with Gasteiger partial charge < -0.3 is 10.0 Å². The molecular weight excluding hydrogens is 372 g/mol. The molecule has 0 aromatic heterocycles. The van der Waals surface area contributed by atoms with Crippen LogP contribution in [0, 0.1) is 0 Å². The molecule has 0 aliphatic carbocycles. The van der Waals surface area contributed by atoms with Crippen LogP contribution < -0.4 is 0 Å². The number of hydrogen-bond donors (Lipinski definition) is 1. The second kappa shape index (κ2) is 8.05. The molecule has 4 heteroatoms. The number of nitrogens with zero attached hydrogens (tertiary/aromatic N) is 2. The highest BCUT2D eigenvalue weighted by atomic mass is 16.3. The summed E-state index contributed by atoms with van der Waals surface area (Å²) in [6, 6.07) is 22.2. The maximum atomic E-state index is 13.1. The van der Waals surface area contributed by atoms with Gasteiger partial charge in [0.1, 0.15) is 0 Å². The molecule has 2 aliphatic rings. The van der Waals surface area contributed by atoms with Gasteiger partial charge in [0.05, 0.1) is 0 Å². The highest BCUT2D eigenvalue weighted by Crippen LogP contribution is 2.35. The van der Waals surface area contributed by atoms with Crippen molar-refractivity contribution >= 4 is 16.7 Å². The molecule has 1 unspecified atom stereocenters. The zero-order valence-electron chi connectivity index (χ0n) is 17.0. The van der Waals surface area contributed by atoms with Crippen molar-refractivity contribution in [2.75, 3.05) is 26.2 Å². The van der Waals surface area contributed by atoms with Gasteiger partial charge in [0.2, 0.25) is 0 Å². The van der Waals surface area contributed by atoms with Gasteiger partial charge >= 0.3 is 0 Å². The molecule has 3 aromatic carbocycles. The molecule has 2 heterocycles. The second-order valence-electron chi connectivity index (χ2n) is 8.20. The Morgan fingerprint density at radius 1 is 0.933 bits per heavy atom. The lowest BCUT2D eigenvalue weighted by Gasteiger charge is -2.36. The van der Waals surface area contributed by atoms with Crippen LogP contribution in [0.4, 0.5) is 0 Å². The Balaban J connectivity index is 1.25. The van der Waals surface area contributed by atoms with Gasteiger partial charge in [0.15, 0.2) is 6.23 Å². The van der Waals surface area contributed by atoms with E-state index in [1.807, 2.05) is 36.4 Å². The third kappa shape index (κ3) is 3.53. The second-order valence-corrected chi connectivity index (χ2v) is 8.20. The Morgan fingerprint density at radius 3 is 2.50 bits per heavy atom. The SMILES string of the molecule is O=C1c2cccc3cccc(c23)C(O)N1CCN1CC=C(Cc2ccccc2)CC1. The van der Waals surface area contributed by atoms with Crippen LogP contribution in [0.15, 0.2) is 78.4 Å². The maximum Gasteiger partial charge on any atom is 0.256 e. The fourth-order valence-corrected chi connectivity index (χ4v) is 4.65. The number of carbonyl (C=O) groups is 1. The van der Waals surface area contributed by atoms with E-state index in [0.717, 1.165) is 48.8 Å². The van der Waals surface area contributed by atoms with Gasteiger partial charge in [-0.3, -0.25) is 9.69 Å². The molecule has 2 aliphatic heterocycles. The molecule has 152 valence electrons. The average molecular weight is 399 g/mol. The molecule has 1 N–H and O–H groups in total. The Morgan fingerprint density at radius 2 is 1.73 bits per heavy atom. The fraction of sp³-hybridized carbons (Fsp3) is 0.269. The van der Waals surface area contributed by atoms with E-state index in [4.69, 9.17) is 0 Å². The van der Waals surface area contributed by atoms with E-state index >= 15 is 0 Å². The number of aliphatic hydroxyl groups is 1. The number of benzene rings is 3. The van der Waals surface area contributed by atoms with Crippen LogP contribution in [0.1, 0.15) is 34.1 Å². The van der Waals surface area contributed by atoms with E-state index in [1.165, 1.54) is 11.1 Å². The number of amides is 1. The smallest absolute Gasteiger partial charge is 0.256 e. The lowest BCUT2D eigenvalue weighted by atomic mass is 9.93. The highest BCUT2D eigenvalue weighted by Gasteiger charge is 2.32. The lowest BCUT2D eigenvalue weighted by molar-refractivity contribution is 0.00144. The summed E-state index contributed by atoms with van der Waals surface area (Å²) in [7, 11) is 0. The van der Waals surface area contributed by atoms with Crippen molar-refractivity contribution in [3.8, 4) is 0 Å². The van der Waals surface area contributed by atoms with Crippen molar-refractivity contribution < 1.29 is 9.90 Å². The van der Waals surface area contributed by atoms with Crippen molar-refractivity contribution in [2.45, 2.75) is 19.1 Å². The van der Waals surface area contributed by atoms with Crippen LogP contribution in [-0.2, 0) is 6.42 Å². The summed E-state index contributed by atoms with van der Waals surface area (Å²) in [4.78, 5) is 17.0. The van der Waals surface area contributed by atoms with Gasteiger partial charge in [-0.25, -0.2) is 0 Å². The zero-order valence-corrected chi connectivity index (χ0v) is 17.0. The predicted octanol–water partition coefficient (Wildman–Crippen LogP) is 4.16. The molecule has 1 amide bonds. The van der Waals surface area contributed by atoms with Crippen LogP contribution in [0.25, 0.3) is 10.8 Å². The van der Waals surface area contributed by atoms with E-state index < -0.39 is 6.23 Å². The van der Waals surface area contributed by atoms with Gasteiger partial charge in [0.25, 0.3) is 5.91 Å². The minimum absolute atomic E-state index is 0.0795. The lowest BCUT2D eigenvalue weighted by Crippen LogP contribution is -2.43. The third-order valence-corrected chi connectivity index (χ3v) is 6.32. The molecule has 30 heavy (non-hydrogen) atoms. The van der Waals surface area contributed by atoms with E-state index in [1.54, 1.807) is 4.90 Å². The summed E-state index contributed by atoms with van der Waals surface area (Å²) in [5, 5.41) is 12.8. The number of rotatable bonds is 5. The van der Waals surface area contributed by atoms with Crippen molar-refractivity contribution in [1.29, 1.82) is 0 Å². The van der Waals surface area contributed by atoms with Crippen molar-refractivity contribution in [3.63, 3.8) is 0 Å². The number of hydrogen-bond acceptors (Lipinski definition) is 3. The van der Waals surface area contributed by atoms with E-state index in [9.17, 15) is 9.90 Å². The monoisotopic (exact) mass is 398 g/mol. The van der Waals surface area contributed by atoms with Gasteiger partial charge in [0, 0.05) is 42.7 Å². The quantitative estimate of drug-likeness (QED) is 0.657. The van der Waals surface area contributed by atoms with Crippen molar-refractivity contribution in [3.05, 3.63) is 95.1 Å². The molecule has 3 aromatic rings. The highest BCUT2D eigenvalue weighted by molar-refractivity contribution is 6.10. The molecule has 0 fully saturated rings. The molecule has 4 nitrogen and oxygen atoms in total. The van der Waals surface area contributed by atoms with Gasteiger partial charge in [-0.2, -0.15) is 0 Å². The van der Waals surface area contributed by atoms with Crippen LogP contribution in [0.5, 0.6) is 0 Å². The standard InChI is InChI=1S/C26H26N2O2/c29-25-22-10-4-8-21-9-5-11-23(24(21)22)26(30)28(25)17-16-27-14-12-20(13-15-27)18-19-6-2-1-3-7-19/h1-12,25,29H,13-18H2. The Labute approximate surface area is 177 Å². The van der Waals surface area contributed by atoms with Crippen molar-refractivity contribution in [1.82, 2.24) is 9.80 Å². The maximum absolute atomic E-state index is 13.1. The van der Waals surface area contributed by atoms with Crippen LogP contribution in [0.3, 0.4) is 0 Å². The summed E-state index contributed by atoms with van der Waals surface area (Å²) in [6.07, 6.45) is 3.50. The fourth-order valence-electron chi connectivity index (χ4n) is 4.65. The van der Waals surface area contributed by atoms with Gasteiger partial charge in [-0.15, -0.1) is 0 Å². The largest absolute Gasteiger partial charge is 0.369 e. The first-order valence-electron chi connectivity index (χ1n) is 10.7. The minimum Gasteiger partial charge on any atom is -0.369 e. The van der Waals surface area contributed by atoms with E-state index in [0.29, 0.717) is 12.1 Å². The van der Waals surface area contributed by atoms with E-state index in [-0.39, 0.29) is 5.91 Å². The predicted molar refractivity (Wildman–Crippen MR) is 119 cm³/mol. The summed E-state index contributed by atoms with van der Waals surface area (Å²) in [6.45, 7) is 3.16. The molecule has 5 rings (SSSR count). The van der Waals surface area contributed by atoms with E-state index in [2.05, 4.69) is 41.3 Å². The van der Waals surface area contributed by atoms with Crippen LogP contribution >= 0.6 is 0 Å². The molecule has 0 saturated heterocycles. The number of aliphatic hydroxyl groups excluding tert-OH is 1. The Bertz CT molecular complexity index is 1100. The summed E-state index contributed by atoms with van der Waals surface area (Å²) >= 11 is 0. The zero-order chi connectivity index (χ0) is 20.5. The Hall–Kier alpha value is -2.95. The van der Waals surface area contributed by atoms with Crippen molar-refractivity contribution in [2.24, 2.45) is 0 Å². The summed E-state index contributed by atoms with van der Waals surface area (Å²) < 4.78 is 0. The molecule has 0 radical (unpaired) electrons. The first-order valence-corrected chi connectivity index (χ1v) is 10.7. The molecule has 1 atom stereocenters. The third-order valence-electron chi connectivity index (χ3n) is 6.32. The topological polar surface area (TPSA) is 43.8 Å². The molecule has 0 saturated carbocycles. The van der Waals surface area contributed by atoms with Gasteiger partial charge in [-0.1, -0.05) is 72.3 Å². The normalized spacial score (nSPS) is 19.2. The average Bonchev–Trinajstić information content (AvgIpc) is 2.79. The van der Waals surface area contributed by atoms with Gasteiger partial charge in [-0.05, 0) is 29.9 Å². The van der Waals surface area contributed by atoms with Crippen LogP contribution in [-0.4, -0.2) is 47.0 Å². The van der Waals surface area contributed by atoms with Crippen LogP contribution in [0.2, 0.25) is 0 Å². The minimum atomic E-state index is -0.884. The molecule has 0 bridgehead atoms. The number of carbonyl (C=O) groups excluding carboxylic acids is 1. The summed E-state index contributed by atoms with van der Waals surface area (Å²) in [5.41, 5.74) is 4.35. The first kappa shape index (κ1) is 19.0.